The lowest BCUT2D eigenvalue weighted by atomic mass is 10.3. The van der Waals surface area contributed by atoms with Crippen LogP contribution in [0.15, 0.2) is 0 Å². The Hall–Kier alpha value is -1.73. The first-order chi connectivity index (χ1) is 4.95. The van der Waals surface area contributed by atoms with Crippen LogP contribution < -0.4 is 5.73 Å². The molecule has 0 aromatic carbocycles. The van der Waals surface area contributed by atoms with Gasteiger partial charge in [-0.1, -0.05) is 0 Å². The van der Waals surface area contributed by atoms with Crippen molar-refractivity contribution in [3.8, 4) is 0 Å². The fraction of sp³-hybridized carbons (Fsp3) is 0.667. The van der Waals surface area contributed by atoms with Crippen molar-refractivity contribution < 1.29 is 14.6 Å². The zero-order valence-electron chi connectivity index (χ0n) is 5.30. The largest absolute Gasteiger partial charge is 0.459 e. The van der Waals surface area contributed by atoms with Crippen LogP contribution in [0.1, 0.15) is 6.42 Å². The van der Waals surface area contributed by atoms with Crippen LogP contribution in [-0.2, 0) is 4.79 Å². The van der Waals surface area contributed by atoms with E-state index >= 15 is 0 Å². The first-order valence-corrected chi connectivity index (χ1v) is 2.50. The molecule has 8 heteroatoms. The predicted octanol–water partition coefficient (Wildman–Crippen LogP) is -1.26. The Morgan fingerprint density at radius 2 is 1.73 bits per heavy atom. The number of primary amides is 1. The van der Waals surface area contributed by atoms with Crippen LogP contribution in [0.3, 0.4) is 0 Å². The van der Waals surface area contributed by atoms with Crippen molar-refractivity contribution >= 4 is 5.91 Å². The Labute approximate surface area is 60.3 Å². The van der Waals surface area contributed by atoms with Crippen LogP contribution in [-0.4, -0.2) is 21.9 Å². The molecule has 0 aliphatic carbocycles. The summed E-state index contributed by atoms with van der Waals surface area (Å²) in [5.41, 5.74) is 4.52. The van der Waals surface area contributed by atoms with Crippen LogP contribution >= 0.6 is 0 Å². The van der Waals surface area contributed by atoms with Gasteiger partial charge in [0.25, 0.3) is 0 Å². The van der Waals surface area contributed by atoms with Crippen LogP contribution in [0.4, 0.5) is 0 Å². The minimum absolute atomic E-state index is 0.875. The second-order valence-electron chi connectivity index (χ2n) is 1.72. The number of hydrogen-bond acceptors (Lipinski definition) is 5. The van der Waals surface area contributed by atoms with E-state index in [-0.39, 0.29) is 0 Å². The summed E-state index contributed by atoms with van der Waals surface area (Å²) in [4.78, 5) is 27.4. The first kappa shape index (κ1) is 9.27. The fourth-order valence-electron chi connectivity index (χ4n) is 0.406. The standard InChI is InChI=1S/C3H5N3O5/c4-2(7)1-3(5(8)9)6(10)11/h3H,1H2,(H2,4,7). The number of carbonyl (C=O) groups excluding carboxylic acids is 1. The van der Waals surface area contributed by atoms with E-state index in [1.807, 2.05) is 0 Å². The molecule has 0 heterocycles. The lowest BCUT2D eigenvalue weighted by Gasteiger charge is -1.97. The molecule has 0 unspecified atom stereocenters. The Morgan fingerprint density at radius 1 is 1.36 bits per heavy atom. The van der Waals surface area contributed by atoms with Gasteiger partial charge in [-0.15, -0.1) is 0 Å². The van der Waals surface area contributed by atoms with Crippen molar-refractivity contribution in [1.29, 1.82) is 0 Å². The molecular formula is C3H5N3O5. The first-order valence-electron chi connectivity index (χ1n) is 2.50. The van der Waals surface area contributed by atoms with Crippen LogP contribution in [0.25, 0.3) is 0 Å². The van der Waals surface area contributed by atoms with Gasteiger partial charge in [0.05, 0.1) is 9.85 Å². The van der Waals surface area contributed by atoms with E-state index in [1.54, 1.807) is 0 Å². The average Bonchev–Trinajstić information content (AvgIpc) is 1.81. The Kier molecular flexibility index (Phi) is 2.90. The average molecular weight is 163 g/mol. The van der Waals surface area contributed by atoms with Crippen LogP contribution in [0, 0.1) is 20.2 Å². The third kappa shape index (κ3) is 3.08. The zero-order chi connectivity index (χ0) is 9.02. The van der Waals surface area contributed by atoms with E-state index in [9.17, 15) is 25.0 Å². The topological polar surface area (TPSA) is 129 Å². The van der Waals surface area contributed by atoms with E-state index in [1.165, 1.54) is 0 Å². The van der Waals surface area contributed by atoms with E-state index in [2.05, 4.69) is 5.73 Å². The van der Waals surface area contributed by atoms with Crippen molar-refractivity contribution in [1.82, 2.24) is 0 Å². The SMILES string of the molecule is NC(=O)CC([N+](=O)[O-])[N+](=O)[O-]. The summed E-state index contributed by atoms with van der Waals surface area (Å²) in [5, 5.41) is 19.7. The second-order valence-corrected chi connectivity index (χ2v) is 1.72. The summed E-state index contributed by atoms with van der Waals surface area (Å²) in [6, 6.07) is 0. The van der Waals surface area contributed by atoms with Gasteiger partial charge < -0.3 is 5.73 Å². The number of carbonyl (C=O) groups is 1. The Morgan fingerprint density at radius 3 is 1.82 bits per heavy atom. The maximum atomic E-state index is 10.0. The van der Waals surface area contributed by atoms with Crippen molar-refractivity contribution in [2.75, 3.05) is 0 Å². The van der Waals surface area contributed by atoms with E-state index < -0.39 is 28.3 Å². The molecule has 2 N–H and O–H groups in total. The summed E-state index contributed by atoms with van der Waals surface area (Å²) in [6.45, 7) is 0. The van der Waals surface area contributed by atoms with Crippen molar-refractivity contribution in [3.63, 3.8) is 0 Å². The number of hydrogen-bond donors (Lipinski definition) is 1. The molecule has 0 saturated carbocycles. The monoisotopic (exact) mass is 163 g/mol. The van der Waals surface area contributed by atoms with Crippen molar-refractivity contribution in [2.24, 2.45) is 5.73 Å². The quantitative estimate of drug-likeness (QED) is 0.314. The minimum atomic E-state index is -2.12. The molecule has 0 atom stereocenters. The summed E-state index contributed by atoms with van der Waals surface area (Å²) in [5.74, 6) is -1.07. The molecule has 0 saturated heterocycles. The van der Waals surface area contributed by atoms with Gasteiger partial charge in [0.1, 0.15) is 0 Å². The molecule has 0 rings (SSSR count). The van der Waals surface area contributed by atoms with Crippen molar-refractivity contribution in [2.45, 2.75) is 12.6 Å². The molecule has 1 amide bonds. The van der Waals surface area contributed by atoms with Crippen LogP contribution in [0.5, 0.6) is 0 Å². The van der Waals surface area contributed by atoms with E-state index in [0.29, 0.717) is 0 Å². The summed E-state index contributed by atoms with van der Waals surface area (Å²) < 4.78 is 0. The molecule has 0 aliphatic rings. The number of rotatable bonds is 4. The lowest BCUT2D eigenvalue weighted by molar-refractivity contribution is -0.740. The van der Waals surface area contributed by atoms with Gasteiger partial charge in [-0.25, -0.2) is 0 Å². The Balaban J connectivity index is 4.23. The minimum Gasteiger partial charge on any atom is -0.369 e. The number of nitrogens with two attached hydrogens (primary N) is 1. The van der Waals surface area contributed by atoms with Crippen molar-refractivity contribution in [3.05, 3.63) is 20.2 Å². The highest BCUT2D eigenvalue weighted by Crippen LogP contribution is 1.96. The van der Waals surface area contributed by atoms with Gasteiger partial charge >= 0.3 is 6.17 Å². The molecule has 62 valence electrons. The number of nitrogens with zero attached hydrogens (tertiary/aromatic N) is 2. The summed E-state index contributed by atoms with van der Waals surface area (Å²) >= 11 is 0. The third-order valence-electron chi connectivity index (χ3n) is 0.870. The predicted molar refractivity (Wildman–Crippen MR) is 31.6 cm³/mol. The molecule has 0 spiro atoms. The normalized spacial score (nSPS) is 9.55. The highest BCUT2D eigenvalue weighted by Gasteiger charge is 2.33. The van der Waals surface area contributed by atoms with Gasteiger partial charge in [0, 0.05) is 0 Å². The molecule has 0 aromatic rings. The summed E-state index contributed by atoms with van der Waals surface area (Å²) in [7, 11) is 0. The zero-order valence-corrected chi connectivity index (χ0v) is 5.30. The molecule has 0 fully saturated rings. The molecule has 0 radical (unpaired) electrons. The highest BCUT2D eigenvalue weighted by molar-refractivity contribution is 5.73. The smallest absolute Gasteiger partial charge is 0.369 e. The van der Waals surface area contributed by atoms with Gasteiger partial charge in [-0.3, -0.25) is 25.0 Å². The second kappa shape index (κ2) is 3.44. The lowest BCUT2D eigenvalue weighted by Crippen LogP contribution is -2.33. The van der Waals surface area contributed by atoms with E-state index in [0.717, 1.165) is 0 Å². The number of amides is 1. The third-order valence-corrected chi connectivity index (χ3v) is 0.870. The summed E-state index contributed by atoms with van der Waals surface area (Å²) in [6.07, 6.45) is -2.99. The molecule has 11 heavy (non-hydrogen) atoms. The molecule has 8 nitrogen and oxygen atoms in total. The molecular weight excluding hydrogens is 158 g/mol. The Bertz CT molecular complexity index is 187. The highest BCUT2D eigenvalue weighted by atomic mass is 16.7. The fourth-order valence-corrected chi connectivity index (χ4v) is 0.406. The molecule has 0 aromatic heterocycles. The molecule has 0 bridgehead atoms. The number of nitro groups is 2. The van der Waals surface area contributed by atoms with Gasteiger partial charge in [0.15, 0.2) is 6.42 Å². The van der Waals surface area contributed by atoms with Crippen LogP contribution in [0.2, 0.25) is 0 Å². The van der Waals surface area contributed by atoms with Gasteiger partial charge in [-0.2, -0.15) is 0 Å². The van der Waals surface area contributed by atoms with E-state index in [4.69, 9.17) is 0 Å². The maximum absolute atomic E-state index is 10.0. The van der Waals surface area contributed by atoms with Gasteiger partial charge in [0.2, 0.25) is 5.91 Å². The maximum Gasteiger partial charge on any atom is 0.459 e. The molecule has 0 aliphatic heterocycles. The van der Waals surface area contributed by atoms with Gasteiger partial charge in [-0.05, 0) is 0 Å².